The Morgan fingerprint density at radius 1 is 1.11 bits per heavy atom. The van der Waals surface area contributed by atoms with Gasteiger partial charge in [0.2, 0.25) is 0 Å². The molecular formula is C14H9Cl2NO. The van der Waals surface area contributed by atoms with Crippen LogP contribution >= 0.6 is 23.2 Å². The molecule has 0 radical (unpaired) electrons. The topological polar surface area (TPSA) is 33.0 Å². The summed E-state index contributed by atoms with van der Waals surface area (Å²) in [5, 5.41) is 10.1. The second-order valence-electron chi connectivity index (χ2n) is 3.63. The molecule has 2 aromatic rings. The summed E-state index contributed by atoms with van der Waals surface area (Å²) in [6.07, 6.45) is 0. The molecule has 0 fully saturated rings. The summed E-state index contributed by atoms with van der Waals surface area (Å²) in [5.41, 5.74) is 1.33. The predicted octanol–water partition coefficient (Wildman–Crippen LogP) is 4.44. The van der Waals surface area contributed by atoms with Gasteiger partial charge < -0.3 is 4.74 Å². The van der Waals surface area contributed by atoms with E-state index < -0.39 is 0 Å². The van der Waals surface area contributed by atoms with E-state index in [1.807, 2.05) is 6.07 Å². The van der Waals surface area contributed by atoms with Crippen LogP contribution in [-0.2, 0) is 6.61 Å². The number of nitriles is 1. The summed E-state index contributed by atoms with van der Waals surface area (Å²) < 4.78 is 5.58. The van der Waals surface area contributed by atoms with Crippen molar-refractivity contribution in [2.45, 2.75) is 6.61 Å². The van der Waals surface area contributed by atoms with Gasteiger partial charge in [0.05, 0.1) is 5.56 Å². The zero-order valence-corrected chi connectivity index (χ0v) is 10.9. The lowest BCUT2D eigenvalue weighted by atomic mass is 10.2. The molecule has 0 aliphatic rings. The van der Waals surface area contributed by atoms with Gasteiger partial charge in [-0.2, -0.15) is 5.26 Å². The first-order chi connectivity index (χ1) is 8.70. The molecule has 2 aromatic carbocycles. The van der Waals surface area contributed by atoms with Crippen molar-refractivity contribution >= 4 is 23.2 Å². The van der Waals surface area contributed by atoms with E-state index in [4.69, 9.17) is 33.2 Å². The molecule has 0 bridgehead atoms. The maximum atomic E-state index is 8.93. The van der Waals surface area contributed by atoms with Gasteiger partial charge in [-0.15, -0.1) is 0 Å². The summed E-state index contributed by atoms with van der Waals surface area (Å²) >= 11 is 11.9. The lowest BCUT2D eigenvalue weighted by molar-refractivity contribution is 0.305. The minimum absolute atomic E-state index is 0.300. The van der Waals surface area contributed by atoms with Crippen molar-refractivity contribution in [1.29, 1.82) is 5.26 Å². The smallest absolute Gasteiger partial charge is 0.137 e. The molecule has 0 heterocycles. The van der Waals surface area contributed by atoms with Crippen molar-refractivity contribution in [2.75, 3.05) is 0 Å². The monoisotopic (exact) mass is 277 g/mol. The number of benzene rings is 2. The summed E-state index contributed by atoms with van der Waals surface area (Å²) in [6, 6.07) is 14.4. The SMILES string of the molecule is N#Cc1ccccc1OCc1ccc(Cl)cc1Cl. The Bertz CT molecular complexity index is 605. The largest absolute Gasteiger partial charge is 0.487 e. The summed E-state index contributed by atoms with van der Waals surface area (Å²) in [5.74, 6) is 0.547. The van der Waals surface area contributed by atoms with Crippen LogP contribution in [0.5, 0.6) is 5.75 Å². The highest BCUT2D eigenvalue weighted by Gasteiger charge is 2.05. The van der Waals surface area contributed by atoms with E-state index in [1.54, 1.807) is 36.4 Å². The third kappa shape index (κ3) is 2.95. The number of para-hydroxylation sites is 1. The Balaban J connectivity index is 2.14. The van der Waals surface area contributed by atoms with Gasteiger partial charge in [0.25, 0.3) is 0 Å². The average molecular weight is 278 g/mol. The highest BCUT2D eigenvalue weighted by atomic mass is 35.5. The van der Waals surface area contributed by atoms with Crippen molar-refractivity contribution in [3.63, 3.8) is 0 Å². The molecule has 0 saturated heterocycles. The maximum absolute atomic E-state index is 8.93. The molecule has 18 heavy (non-hydrogen) atoms. The fourth-order valence-corrected chi connectivity index (χ4v) is 1.94. The van der Waals surface area contributed by atoms with Crippen LogP contribution in [-0.4, -0.2) is 0 Å². The molecule has 0 amide bonds. The Kier molecular flexibility index (Phi) is 4.09. The molecule has 0 aliphatic carbocycles. The van der Waals surface area contributed by atoms with Crippen molar-refractivity contribution in [3.8, 4) is 11.8 Å². The minimum atomic E-state index is 0.300. The second-order valence-corrected chi connectivity index (χ2v) is 4.48. The Morgan fingerprint density at radius 3 is 2.61 bits per heavy atom. The number of halogens is 2. The molecule has 90 valence electrons. The molecule has 2 rings (SSSR count). The number of hydrogen-bond donors (Lipinski definition) is 0. The van der Waals surface area contributed by atoms with E-state index in [9.17, 15) is 0 Å². The van der Waals surface area contributed by atoms with Crippen LogP contribution in [0.25, 0.3) is 0 Å². The summed E-state index contributed by atoms with van der Waals surface area (Å²) in [6.45, 7) is 0.300. The van der Waals surface area contributed by atoms with Gasteiger partial charge in [0.1, 0.15) is 18.4 Å². The number of ether oxygens (including phenoxy) is 1. The molecule has 0 N–H and O–H groups in total. The highest BCUT2D eigenvalue weighted by Crippen LogP contribution is 2.23. The van der Waals surface area contributed by atoms with Crippen LogP contribution in [0.1, 0.15) is 11.1 Å². The first kappa shape index (κ1) is 12.8. The van der Waals surface area contributed by atoms with Crippen LogP contribution in [0.15, 0.2) is 42.5 Å². The average Bonchev–Trinajstić information content (AvgIpc) is 2.38. The maximum Gasteiger partial charge on any atom is 0.137 e. The lowest BCUT2D eigenvalue weighted by Crippen LogP contribution is -1.97. The standard InChI is InChI=1S/C14H9Cl2NO/c15-12-6-5-11(13(16)7-12)9-18-14-4-2-1-3-10(14)8-17/h1-7H,9H2. The van der Waals surface area contributed by atoms with E-state index in [2.05, 4.69) is 6.07 Å². The Hall–Kier alpha value is -1.69. The fourth-order valence-electron chi connectivity index (χ4n) is 1.48. The van der Waals surface area contributed by atoms with E-state index in [0.717, 1.165) is 5.56 Å². The van der Waals surface area contributed by atoms with E-state index >= 15 is 0 Å². The van der Waals surface area contributed by atoms with Gasteiger partial charge in [-0.3, -0.25) is 0 Å². The van der Waals surface area contributed by atoms with Gasteiger partial charge in [0, 0.05) is 15.6 Å². The first-order valence-electron chi connectivity index (χ1n) is 5.26. The predicted molar refractivity (Wildman–Crippen MR) is 72.0 cm³/mol. The third-order valence-corrected chi connectivity index (χ3v) is 2.99. The molecule has 0 saturated carbocycles. The van der Waals surface area contributed by atoms with Gasteiger partial charge in [0.15, 0.2) is 0 Å². The van der Waals surface area contributed by atoms with Gasteiger partial charge >= 0.3 is 0 Å². The number of hydrogen-bond acceptors (Lipinski definition) is 2. The molecule has 0 unspecified atom stereocenters. The molecule has 0 aromatic heterocycles. The quantitative estimate of drug-likeness (QED) is 0.831. The van der Waals surface area contributed by atoms with Crippen LogP contribution < -0.4 is 4.74 Å². The molecule has 2 nitrogen and oxygen atoms in total. The van der Waals surface area contributed by atoms with Gasteiger partial charge in [-0.05, 0) is 24.3 Å². The van der Waals surface area contributed by atoms with Crippen molar-refractivity contribution in [3.05, 3.63) is 63.6 Å². The lowest BCUT2D eigenvalue weighted by Gasteiger charge is -2.09. The summed E-state index contributed by atoms with van der Waals surface area (Å²) in [7, 11) is 0. The van der Waals surface area contributed by atoms with Crippen molar-refractivity contribution in [2.24, 2.45) is 0 Å². The highest BCUT2D eigenvalue weighted by molar-refractivity contribution is 6.35. The fraction of sp³-hybridized carbons (Fsp3) is 0.0714. The second kappa shape index (κ2) is 5.77. The Morgan fingerprint density at radius 2 is 1.89 bits per heavy atom. The van der Waals surface area contributed by atoms with Crippen molar-refractivity contribution < 1.29 is 4.74 Å². The molecular weight excluding hydrogens is 269 g/mol. The van der Waals surface area contributed by atoms with Crippen molar-refractivity contribution in [1.82, 2.24) is 0 Å². The van der Waals surface area contributed by atoms with E-state index in [0.29, 0.717) is 28.0 Å². The van der Waals surface area contributed by atoms with E-state index in [-0.39, 0.29) is 0 Å². The number of rotatable bonds is 3. The zero-order valence-electron chi connectivity index (χ0n) is 9.36. The molecule has 0 spiro atoms. The van der Waals surface area contributed by atoms with E-state index in [1.165, 1.54) is 0 Å². The van der Waals surface area contributed by atoms with Crippen LogP contribution in [0, 0.1) is 11.3 Å². The molecule has 0 atom stereocenters. The van der Waals surface area contributed by atoms with Crippen LogP contribution in [0.3, 0.4) is 0 Å². The molecule has 0 aliphatic heterocycles. The first-order valence-corrected chi connectivity index (χ1v) is 6.02. The Labute approximate surface area is 115 Å². The summed E-state index contributed by atoms with van der Waals surface area (Å²) in [4.78, 5) is 0. The van der Waals surface area contributed by atoms with Crippen LogP contribution in [0.4, 0.5) is 0 Å². The third-order valence-electron chi connectivity index (χ3n) is 2.41. The minimum Gasteiger partial charge on any atom is -0.487 e. The van der Waals surface area contributed by atoms with Crippen LogP contribution in [0.2, 0.25) is 10.0 Å². The molecule has 4 heteroatoms. The zero-order chi connectivity index (χ0) is 13.0. The van der Waals surface area contributed by atoms with Gasteiger partial charge in [-0.25, -0.2) is 0 Å². The normalized spacial score (nSPS) is 9.83. The van der Waals surface area contributed by atoms with Gasteiger partial charge in [-0.1, -0.05) is 41.4 Å². The number of nitrogens with zero attached hydrogens (tertiary/aromatic N) is 1.